The number of anilines is 1. The molecule has 0 aromatic carbocycles. The van der Waals surface area contributed by atoms with Gasteiger partial charge in [0.2, 0.25) is 5.82 Å². The van der Waals surface area contributed by atoms with Gasteiger partial charge in [-0.3, -0.25) is 10.1 Å². The molecule has 1 aliphatic rings. The smallest absolute Gasteiger partial charge is 0.337 e. The summed E-state index contributed by atoms with van der Waals surface area (Å²) in [5.74, 6) is -0.974. The van der Waals surface area contributed by atoms with Crippen molar-refractivity contribution < 1.29 is 14.8 Å². The minimum absolute atomic E-state index is 0.174. The highest BCUT2D eigenvalue weighted by molar-refractivity contribution is 5.88. The van der Waals surface area contributed by atoms with Gasteiger partial charge in [-0.25, -0.2) is 9.78 Å². The molecule has 1 N–H and O–H groups in total. The largest absolute Gasteiger partial charge is 0.478 e. The second-order valence-corrected chi connectivity index (χ2v) is 4.77. The molecule has 1 fully saturated rings. The third-order valence-corrected chi connectivity index (χ3v) is 3.31. The molecule has 0 aliphatic carbocycles. The Morgan fingerprint density at radius 1 is 1.40 bits per heavy atom. The Hall–Kier alpha value is -2.22. The van der Waals surface area contributed by atoms with Crippen LogP contribution in [0.15, 0.2) is 12.3 Å². The zero-order valence-electron chi connectivity index (χ0n) is 11.2. The lowest BCUT2D eigenvalue weighted by atomic mass is 10.2. The van der Waals surface area contributed by atoms with E-state index in [4.69, 9.17) is 5.11 Å². The highest BCUT2D eigenvalue weighted by Gasteiger charge is 2.24. The number of carboxylic acid groups (broad SMARTS) is 1. The minimum atomic E-state index is -1.22. The lowest BCUT2D eigenvalue weighted by molar-refractivity contribution is -0.384. The van der Waals surface area contributed by atoms with E-state index in [1.165, 1.54) is 6.20 Å². The normalized spacial score (nSPS) is 16.8. The third-order valence-electron chi connectivity index (χ3n) is 3.31. The molecule has 0 unspecified atom stereocenters. The Morgan fingerprint density at radius 3 is 2.80 bits per heavy atom. The highest BCUT2D eigenvalue weighted by atomic mass is 16.6. The molecule has 0 radical (unpaired) electrons. The molecule has 2 rings (SSSR count). The maximum Gasteiger partial charge on any atom is 0.337 e. The molecule has 8 nitrogen and oxygen atoms in total. The first-order chi connectivity index (χ1) is 9.49. The fourth-order valence-electron chi connectivity index (χ4n) is 2.20. The van der Waals surface area contributed by atoms with Crippen molar-refractivity contribution in [3.63, 3.8) is 0 Å². The van der Waals surface area contributed by atoms with Crippen molar-refractivity contribution >= 4 is 17.5 Å². The second kappa shape index (κ2) is 5.83. The highest BCUT2D eigenvalue weighted by Crippen LogP contribution is 2.27. The average Bonchev–Trinajstić information content (AvgIpc) is 2.62. The number of likely N-dealkylation sites (N-methyl/N-ethyl adjacent to an activating group) is 1. The molecule has 0 atom stereocenters. The summed E-state index contributed by atoms with van der Waals surface area (Å²) in [6.07, 6.45) is 2.05. The molecule has 0 bridgehead atoms. The molecule has 1 aromatic rings. The number of aromatic nitrogens is 1. The van der Waals surface area contributed by atoms with E-state index in [1.807, 2.05) is 11.9 Å². The van der Waals surface area contributed by atoms with Crippen molar-refractivity contribution in [2.75, 3.05) is 38.1 Å². The van der Waals surface area contributed by atoms with Crippen LogP contribution in [0.4, 0.5) is 11.5 Å². The van der Waals surface area contributed by atoms with Gasteiger partial charge in [-0.05, 0) is 20.0 Å². The molecule has 0 saturated carbocycles. The second-order valence-electron chi connectivity index (χ2n) is 4.77. The van der Waals surface area contributed by atoms with Crippen molar-refractivity contribution in [2.24, 2.45) is 0 Å². The summed E-state index contributed by atoms with van der Waals surface area (Å²) in [7, 11) is 2.00. The average molecular weight is 280 g/mol. The SMILES string of the molecule is CN1CCCN(c2ncc(C(=O)O)cc2[N+](=O)[O-])CC1. The molecule has 2 heterocycles. The molecule has 0 amide bonds. The van der Waals surface area contributed by atoms with Gasteiger partial charge in [-0.2, -0.15) is 0 Å². The number of carboxylic acids is 1. The van der Waals surface area contributed by atoms with Crippen LogP contribution in [0.3, 0.4) is 0 Å². The number of rotatable bonds is 3. The number of carbonyl (C=O) groups is 1. The topological polar surface area (TPSA) is 99.8 Å². The lowest BCUT2D eigenvalue weighted by Crippen LogP contribution is -2.30. The van der Waals surface area contributed by atoms with Crippen LogP contribution < -0.4 is 4.90 Å². The van der Waals surface area contributed by atoms with Crippen molar-refractivity contribution in [1.29, 1.82) is 0 Å². The van der Waals surface area contributed by atoms with Gasteiger partial charge in [-0.15, -0.1) is 0 Å². The van der Waals surface area contributed by atoms with Gasteiger partial charge in [0.15, 0.2) is 0 Å². The van der Waals surface area contributed by atoms with Crippen LogP contribution in [0.2, 0.25) is 0 Å². The Morgan fingerprint density at radius 2 is 2.15 bits per heavy atom. The molecule has 108 valence electrons. The van der Waals surface area contributed by atoms with Gasteiger partial charge in [0.1, 0.15) is 0 Å². The molecular weight excluding hydrogens is 264 g/mol. The fourth-order valence-corrected chi connectivity index (χ4v) is 2.20. The van der Waals surface area contributed by atoms with E-state index in [0.29, 0.717) is 13.1 Å². The van der Waals surface area contributed by atoms with E-state index < -0.39 is 10.9 Å². The zero-order chi connectivity index (χ0) is 14.7. The number of pyridine rings is 1. The van der Waals surface area contributed by atoms with Crippen LogP contribution in [0.25, 0.3) is 0 Å². The summed E-state index contributed by atoms with van der Waals surface area (Å²) in [5.41, 5.74) is -0.429. The van der Waals surface area contributed by atoms with Crippen LogP contribution in [0.1, 0.15) is 16.8 Å². The van der Waals surface area contributed by atoms with Crippen molar-refractivity contribution in [3.8, 4) is 0 Å². The van der Waals surface area contributed by atoms with Gasteiger partial charge in [0.25, 0.3) is 0 Å². The quantitative estimate of drug-likeness (QED) is 0.646. The van der Waals surface area contributed by atoms with E-state index in [-0.39, 0.29) is 17.1 Å². The summed E-state index contributed by atoms with van der Waals surface area (Å²) in [6, 6.07) is 1.07. The number of hydrogen-bond acceptors (Lipinski definition) is 6. The maximum absolute atomic E-state index is 11.1. The van der Waals surface area contributed by atoms with E-state index in [9.17, 15) is 14.9 Å². The van der Waals surface area contributed by atoms with Crippen LogP contribution in [0.5, 0.6) is 0 Å². The zero-order valence-corrected chi connectivity index (χ0v) is 11.2. The van der Waals surface area contributed by atoms with Gasteiger partial charge < -0.3 is 14.9 Å². The van der Waals surface area contributed by atoms with Crippen molar-refractivity contribution in [1.82, 2.24) is 9.88 Å². The van der Waals surface area contributed by atoms with Crippen molar-refractivity contribution in [3.05, 3.63) is 27.9 Å². The van der Waals surface area contributed by atoms with Gasteiger partial charge in [0, 0.05) is 31.9 Å². The van der Waals surface area contributed by atoms with Crippen LogP contribution >= 0.6 is 0 Å². The molecule has 20 heavy (non-hydrogen) atoms. The lowest BCUT2D eigenvalue weighted by Gasteiger charge is -2.21. The fraction of sp³-hybridized carbons (Fsp3) is 0.500. The Labute approximate surface area is 115 Å². The Bertz CT molecular complexity index is 534. The number of nitro groups is 1. The van der Waals surface area contributed by atoms with Gasteiger partial charge in [-0.1, -0.05) is 0 Å². The first kappa shape index (κ1) is 14.2. The number of aromatic carboxylic acids is 1. The van der Waals surface area contributed by atoms with Gasteiger partial charge >= 0.3 is 11.7 Å². The van der Waals surface area contributed by atoms with E-state index in [2.05, 4.69) is 9.88 Å². The summed E-state index contributed by atoms with van der Waals surface area (Å²) in [5, 5.41) is 20.0. The molecular formula is C12H16N4O4. The molecule has 1 saturated heterocycles. The van der Waals surface area contributed by atoms with Crippen LogP contribution in [0, 0.1) is 10.1 Å². The Kier molecular flexibility index (Phi) is 4.14. The predicted molar refractivity (Wildman–Crippen MR) is 72.2 cm³/mol. The van der Waals surface area contributed by atoms with Crippen LogP contribution in [-0.4, -0.2) is 59.1 Å². The standard InChI is InChI=1S/C12H16N4O4/c1-14-3-2-4-15(6-5-14)11-10(16(19)20)7-9(8-13-11)12(17)18/h7-8H,2-6H2,1H3,(H,17,18). The Balaban J connectivity index is 2.35. The molecule has 1 aromatic heterocycles. The molecule has 0 spiro atoms. The summed E-state index contributed by atoms with van der Waals surface area (Å²) < 4.78 is 0. The first-order valence-electron chi connectivity index (χ1n) is 6.30. The monoisotopic (exact) mass is 280 g/mol. The summed E-state index contributed by atoms with van der Waals surface area (Å²) in [4.78, 5) is 29.4. The molecule has 1 aliphatic heterocycles. The summed E-state index contributed by atoms with van der Waals surface area (Å²) >= 11 is 0. The maximum atomic E-state index is 11.1. The van der Waals surface area contributed by atoms with E-state index in [0.717, 1.165) is 25.6 Å². The van der Waals surface area contributed by atoms with Crippen LogP contribution in [-0.2, 0) is 0 Å². The van der Waals surface area contributed by atoms with Crippen molar-refractivity contribution in [2.45, 2.75) is 6.42 Å². The van der Waals surface area contributed by atoms with Gasteiger partial charge in [0.05, 0.1) is 10.5 Å². The third kappa shape index (κ3) is 3.02. The first-order valence-corrected chi connectivity index (χ1v) is 6.30. The number of nitrogens with zero attached hydrogens (tertiary/aromatic N) is 4. The number of hydrogen-bond donors (Lipinski definition) is 1. The van der Waals surface area contributed by atoms with E-state index >= 15 is 0 Å². The molecule has 8 heteroatoms. The van der Waals surface area contributed by atoms with E-state index in [1.54, 1.807) is 0 Å². The summed E-state index contributed by atoms with van der Waals surface area (Å²) in [6.45, 7) is 3.03. The minimum Gasteiger partial charge on any atom is -0.478 e. The predicted octanol–water partition coefficient (Wildman–Crippen LogP) is 0.830.